The number of nitrogens with zero attached hydrogens (tertiary/aromatic N) is 2. The van der Waals surface area contributed by atoms with Gasteiger partial charge in [0.25, 0.3) is 0 Å². The number of carbonyl (C=O) groups excluding carboxylic acids is 3. The molecule has 0 bridgehead atoms. The molecule has 2 heterocycles. The van der Waals surface area contributed by atoms with Crippen LogP contribution >= 0.6 is 0 Å². The summed E-state index contributed by atoms with van der Waals surface area (Å²) < 4.78 is 5.27. The van der Waals surface area contributed by atoms with Gasteiger partial charge in [0.05, 0.1) is 17.9 Å². The molecule has 2 fully saturated rings. The molecule has 0 unspecified atom stereocenters. The van der Waals surface area contributed by atoms with Gasteiger partial charge < -0.3 is 20.3 Å². The first-order valence-corrected chi connectivity index (χ1v) is 11.1. The zero-order valence-electron chi connectivity index (χ0n) is 18.8. The Morgan fingerprint density at radius 1 is 1.13 bits per heavy atom. The van der Waals surface area contributed by atoms with Crippen molar-refractivity contribution in [2.45, 2.75) is 52.1 Å². The minimum absolute atomic E-state index is 0.0792. The minimum atomic E-state index is -0.499. The maximum Gasteiger partial charge on any atom is 0.407 e. The number of benzene rings is 1. The molecular weight excluding hydrogens is 396 g/mol. The van der Waals surface area contributed by atoms with E-state index in [2.05, 4.69) is 15.5 Å². The summed E-state index contributed by atoms with van der Waals surface area (Å²) in [5.41, 5.74) is 0.950. The molecule has 1 aromatic carbocycles. The second-order valence-electron chi connectivity index (χ2n) is 9.32. The van der Waals surface area contributed by atoms with Crippen LogP contribution in [0.1, 0.15) is 46.5 Å². The molecule has 2 aliphatic heterocycles. The molecule has 0 radical (unpaired) electrons. The van der Waals surface area contributed by atoms with Crippen molar-refractivity contribution in [1.29, 1.82) is 0 Å². The van der Waals surface area contributed by atoms with Crippen molar-refractivity contribution in [3.8, 4) is 0 Å². The predicted octanol–water partition coefficient (Wildman–Crippen LogP) is 2.99. The van der Waals surface area contributed by atoms with Crippen molar-refractivity contribution in [3.63, 3.8) is 0 Å². The van der Waals surface area contributed by atoms with E-state index in [4.69, 9.17) is 4.74 Å². The highest BCUT2D eigenvalue weighted by Gasteiger charge is 2.25. The molecule has 1 aromatic rings. The quantitative estimate of drug-likeness (QED) is 0.724. The van der Waals surface area contributed by atoms with Crippen LogP contribution in [-0.2, 0) is 14.3 Å². The SMILES string of the molecule is CC(C)(C)OC(=O)NCC1CCN(CC(=O)Nc2ccccc2N2CCCC2=O)CC1. The van der Waals surface area contributed by atoms with Gasteiger partial charge in [-0.3, -0.25) is 14.5 Å². The molecule has 2 aliphatic rings. The van der Waals surface area contributed by atoms with E-state index in [1.54, 1.807) is 4.90 Å². The Balaban J connectivity index is 1.43. The topological polar surface area (TPSA) is 91.0 Å². The number of nitrogens with one attached hydrogen (secondary N) is 2. The third-order valence-corrected chi connectivity index (χ3v) is 5.55. The molecule has 0 atom stereocenters. The number of ether oxygens (including phenoxy) is 1. The van der Waals surface area contributed by atoms with Crippen LogP contribution in [0.2, 0.25) is 0 Å². The van der Waals surface area contributed by atoms with Crippen molar-refractivity contribution in [3.05, 3.63) is 24.3 Å². The van der Waals surface area contributed by atoms with Crippen molar-refractivity contribution >= 4 is 29.3 Å². The first kappa shape index (κ1) is 23.1. The van der Waals surface area contributed by atoms with Gasteiger partial charge in [-0.2, -0.15) is 0 Å². The van der Waals surface area contributed by atoms with Gasteiger partial charge in [-0.15, -0.1) is 0 Å². The van der Waals surface area contributed by atoms with E-state index in [9.17, 15) is 14.4 Å². The smallest absolute Gasteiger partial charge is 0.407 e. The van der Waals surface area contributed by atoms with Crippen LogP contribution in [-0.4, -0.2) is 61.1 Å². The third-order valence-electron chi connectivity index (χ3n) is 5.55. The van der Waals surface area contributed by atoms with Gasteiger partial charge in [0.1, 0.15) is 5.60 Å². The summed E-state index contributed by atoms with van der Waals surface area (Å²) in [6.07, 6.45) is 2.85. The van der Waals surface area contributed by atoms with Crippen LogP contribution in [0.3, 0.4) is 0 Å². The van der Waals surface area contributed by atoms with E-state index < -0.39 is 5.60 Å². The van der Waals surface area contributed by atoms with Crippen LogP contribution in [0.25, 0.3) is 0 Å². The lowest BCUT2D eigenvalue weighted by molar-refractivity contribution is -0.118. The number of piperidine rings is 1. The van der Waals surface area contributed by atoms with Gasteiger partial charge in [-0.05, 0) is 71.2 Å². The summed E-state index contributed by atoms with van der Waals surface area (Å²) in [4.78, 5) is 40.4. The summed E-state index contributed by atoms with van der Waals surface area (Å²) in [6.45, 7) is 8.74. The summed E-state index contributed by atoms with van der Waals surface area (Å²) in [6, 6.07) is 7.46. The summed E-state index contributed by atoms with van der Waals surface area (Å²) in [7, 11) is 0. The minimum Gasteiger partial charge on any atom is -0.444 e. The molecule has 3 rings (SSSR count). The zero-order valence-corrected chi connectivity index (χ0v) is 18.8. The summed E-state index contributed by atoms with van der Waals surface area (Å²) in [5, 5.41) is 5.82. The molecule has 8 heteroatoms. The predicted molar refractivity (Wildman–Crippen MR) is 120 cm³/mol. The molecule has 2 N–H and O–H groups in total. The maximum atomic E-state index is 12.6. The average molecular weight is 431 g/mol. The van der Waals surface area contributed by atoms with E-state index in [0.717, 1.165) is 38.0 Å². The van der Waals surface area contributed by atoms with Crippen molar-refractivity contribution < 1.29 is 19.1 Å². The van der Waals surface area contributed by atoms with Crippen molar-refractivity contribution in [2.75, 3.05) is 42.9 Å². The van der Waals surface area contributed by atoms with Crippen LogP contribution in [0, 0.1) is 5.92 Å². The number of amides is 3. The summed E-state index contributed by atoms with van der Waals surface area (Å²) in [5.74, 6) is 0.405. The Bertz CT molecular complexity index is 797. The van der Waals surface area contributed by atoms with Gasteiger partial charge in [0.15, 0.2) is 0 Å². The Morgan fingerprint density at radius 2 is 1.84 bits per heavy atom. The molecule has 0 aliphatic carbocycles. The molecule has 0 spiro atoms. The van der Waals surface area contributed by atoms with Crippen molar-refractivity contribution in [1.82, 2.24) is 10.2 Å². The lowest BCUT2D eigenvalue weighted by atomic mass is 9.97. The second-order valence-corrected chi connectivity index (χ2v) is 9.32. The van der Waals surface area contributed by atoms with Gasteiger partial charge in [-0.1, -0.05) is 12.1 Å². The first-order valence-electron chi connectivity index (χ1n) is 11.1. The monoisotopic (exact) mass is 430 g/mol. The Morgan fingerprint density at radius 3 is 2.48 bits per heavy atom. The van der Waals surface area contributed by atoms with E-state index in [0.29, 0.717) is 37.7 Å². The normalized spacial score (nSPS) is 18.2. The number of hydrogen-bond donors (Lipinski definition) is 2. The second kappa shape index (κ2) is 10.1. The highest BCUT2D eigenvalue weighted by molar-refractivity contribution is 6.02. The molecule has 2 saturated heterocycles. The number of para-hydroxylation sites is 2. The number of alkyl carbamates (subject to hydrolysis) is 1. The fourth-order valence-electron chi connectivity index (χ4n) is 4.00. The first-order chi connectivity index (χ1) is 14.7. The molecule has 0 aromatic heterocycles. The average Bonchev–Trinajstić information content (AvgIpc) is 3.12. The number of carbonyl (C=O) groups is 3. The van der Waals surface area contributed by atoms with Crippen molar-refractivity contribution in [2.24, 2.45) is 5.92 Å². The fraction of sp³-hybridized carbons (Fsp3) is 0.609. The number of likely N-dealkylation sites (tertiary alicyclic amines) is 1. The van der Waals surface area contributed by atoms with Crippen LogP contribution in [0.5, 0.6) is 0 Å². The zero-order chi connectivity index (χ0) is 22.4. The van der Waals surface area contributed by atoms with Gasteiger partial charge in [0.2, 0.25) is 11.8 Å². The molecule has 8 nitrogen and oxygen atoms in total. The molecule has 0 saturated carbocycles. The lowest BCUT2D eigenvalue weighted by Crippen LogP contribution is -2.42. The lowest BCUT2D eigenvalue weighted by Gasteiger charge is -2.31. The van der Waals surface area contributed by atoms with E-state index in [-0.39, 0.29) is 17.9 Å². The van der Waals surface area contributed by atoms with E-state index in [1.807, 2.05) is 45.0 Å². The summed E-state index contributed by atoms with van der Waals surface area (Å²) >= 11 is 0. The van der Waals surface area contributed by atoms with Crippen LogP contribution in [0.4, 0.5) is 16.2 Å². The molecule has 31 heavy (non-hydrogen) atoms. The van der Waals surface area contributed by atoms with Crippen LogP contribution in [0.15, 0.2) is 24.3 Å². The number of anilines is 2. The standard InChI is InChI=1S/C23H34N4O4/c1-23(2,3)31-22(30)24-15-17-10-13-26(14-11-17)16-20(28)25-18-7-4-5-8-19(18)27-12-6-9-21(27)29/h4-5,7-8,17H,6,9-16H2,1-3H3,(H,24,30)(H,25,28). The van der Waals surface area contributed by atoms with E-state index in [1.165, 1.54) is 0 Å². The largest absolute Gasteiger partial charge is 0.444 e. The van der Waals surface area contributed by atoms with E-state index >= 15 is 0 Å². The highest BCUT2D eigenvalue weighted by Crippen LogP contribution is 2.29. The Kier molecular flexibility index (Phi) is 7.54. The third kappa shape index (κ3) is 6.95. The van der Waals surface area contributed by atoms with Gasteiger partial charge in [0, 0.05) is 19.5 Å². The Hall–Kier alpha value is -2.61. The van der Waals surface area contributed by atoms with Gasteiger partial charge >= 0.3 is 6.09 Å². The number of rotatable bonds is 6. The molecule has 3 amide bonds. The molecular formula is C23H34N4O4. The van der Waals surface area contributed by atoms with Gasteiger partial charge in [-0.25, -0.2) is 4.79 Å². The number of hydrogen-bond acceptors (Lipinski definition) is 5. The Labute approximate surface area is 184 Å². The highest BCUT2D eigenvalue weighted by atomic mass is 16.6. The van der Waals surface area contributed by atoms with Crippen LogP contribution < -0.4 is 15.5 Å². The molecule has 170 valence electrons. The maximum absolute atomic E-state index is 12.6. The fourth-order valence-corrected chi connectivity index (χ4v) is 4.00.